The Kier molecular flexibility index (Phi) is 7.19. The molecule has 0 aliphatic carbocycles. The number of pyridine rings is 1. The van der Waals surface area contributed by atoms with Gasteiger partial charge >= 0.3 is 0 Å². The lowest BCUT2D eigenvalue weighted by atomic mass is 9.97. The number of piperidine rings is 1. The van der Waals surface area contributed by atoms with E-state index < -0.39 is 0 Å². The Morgan fingerprint density at radius 3 is 2.79 bits per heavy atom. The molecule has 1 N–H and O–H groups in total. The first-order valence-corrected chi connectivity index (χ1v) is 9.95. The Balaban J connectivity index is 1.65. The number of amides is 1. The van der Waals surface area contributed by atoms with E-state index in [1.54, 1.807) is 32.6 Å². The van der Waals surface area contributed by atoms with Crippen LogP contribution in [0.5, 0.6) is 11.5 Å². The lowest BCUT2D eigenvalue weighted by Gasteiger charge is -2.37. The lowest BCUT2D eigenvalue weighted by Crippen LogP contribution is -2.46. The molecule has 1 aromatic heterocycles. The summed E-state index contributed by atoms with van der Waals surface area (Å²) in [5.74, 6) is 0.986. The molecule has 7 heteroatoms. The van der Waals surface area contributed by atoms with Crippen LogP contribution in [0.1, 0.15) is 36.4 Å². The Bertz CT molecular complexity index is 886. The summed E-state index contributed by atoms with van der Waals surface area (Å²) >= 11 is 5.53. The first-order valence-electron chi connectivity index (χ1n) is 9.54. The van der Waals surface area contributed by atoms with E-state index in [4.69, 9.17) is 21.7 Å². The zero-order valence-corrected chi connectivity index (χ0v) is 17.4. The van der Waals surface area contributed by atoms with E-state index in [1.165, 1.54) is 6.08 Å². The van der Waals surface area contributed by atoms with Crippen molar-refractivity contribution in [2.45, 2.75) is 25.3 Å². The number of aromatic nitrogens is 1. The van der Waals surface area contributed by atoms with Crippen LogP contribution in [0.15, 0.2) is 48.8 Å². The molecular formula is C22H25N3O3S. The monoisotopic (exact) mass is 411 g/mol. The molecule has 1 atom stereocenters. The highest BCUT2D eigenvalue weighted by atomic mass is 32.1. The minimum absolute atomic E-state index is 0.139. The summed E-state index contributed by atoms with van der Waals surface area (Å²) in [4.78, 5) is 18.7. The van der Waals surface area contributed by atoms with Gasteiger partial charge in [-0.2, -0.15) is 0 Å². The number of carbonyl (C=O) groups is 1. The minimum Gasteiger partial charge on any atom is -0.493 e. The molecule has 1 aliphatic heterocycles. The Morgan fingerprint density at radius 1 is 1.24 bits per heavy atom. The van der Waals surface area contributed by atoms with Crippen molar-refractivity contribution in [3.05, 3.63) is 59.9 Å². The third kappa shape index (κ3) is 5.32. The predicted octanol–water partition coefficient (Wildman–Crippen LogP) is 3.74. The maximum atomic E-state index is 12.4. The number of hydrogen-bond acceptors (Lipinski definition) is 5. The number of rotatable bonds is 5. The van der Waals surface area contributed by atoms with Gasteiger partial charge in [0.2, 0.25) is 5.91 Å². The highest BCUT2D eigenvalue weighted by Gasteiger charge is 2.26. The maximum Gasteiger partial charge on any atom is 0.250 e. The fourth-order valence-electron chi connectivity index (χ4n) is 3.44. The zero-order valence-electron chi connectivity index (χ0n) is 16.6. The average Bonchev–Trinajstić information content (AvgIpc) is 2.78. The molecule has 1 saturated heterocycles. The third-order valence-electron chi connectivity index (χ3n) is 4.90. The molecule has 152 valence electrons. The number of ether oxygens (including phenoxy) is 2. The van der Waals surface area contributed by atoms with Crippen molar-refractivity contribution in [2.75, 3.05) is 20.8 Å². The number of methoxy groups -OCH3 is 2. The van der Waals surface area contributed by atoms with Crippen LogP contribution in [-0.2, 0) is 4.79 Å². The van der Waals surface area contributed by atoms with Crippen molar-refractivity contribution >= 4 is 29.3 Å². The summed E-state index contributed by atoms with van der Waals surface area (Å²) in [5, 5.41) is 3.27. The van der Waals surface area contributed by atoms with Crippen molar-refractivity contribution in [3.8, 4) is 11.5 Å². The smallest absolute Gasteiger partial charge is 0.250 e. The second kappa shape index (κ2) is 10.0. The average molecular weight is 412 g/mol. The first kappa shape index (κ1) is 20.8. The van der Waals surface area contributed by atoms with E-state index in [9.17, 15) is 4.79 Å². The van der Waals surface area contributed by atoms with Crippen LogP contribution in [0, 0.1) is 0 Å². The van der Waals surface area contributed by atoms with Gasteiger partial charge < -0.3 is 14.4 Å². The molecule has 0 bridgehead atoms. The lowest BCUT2D eigenvalue weighted by molar-refractivity contribution is -0.115. The molecule has 0 radical (unpaired) electrons. The van der Waals surface area contributed by atoms with Crippen LogP contribution < -0.4 is 14.8 Å². The molecule has 2 heterocycles. The van der Waals surface area contributed by atoms with Crippen molar-refractivity contribution in [2.24, 2.45) is 0 Å². The summed E-state index contributed by atoms with van der Waals surface area (Å²) in [6, 6.07) is 9.58. The van der Waals surface area contributed by atoms with E-state index in [2.05, 4.69) is 21.3 Å². The summed E-state index contributed by atoms with van der Waals surface area (Å²) in [6.45, 7) is 0.818. The largest absolute Gasteiger partial charge is 0.493 e. The summed E-state index contributed by atoms with van der Waals surface area (Å²) < 4.78 is 10.5. The molecule has 6 nitrogen and oxygen atoms in total. The number of carbonyl (C=O) groups excluding carboxylic acids is 1. The quantitative estimate of drug-likeness (QED) is 0.597. The van der Waals surface area contributed by atoms with Gasteiger partial charge in [-0.05, 0) is 66.9 Å². The summed E-state index contributed by atoms with van der Waals surface area (Å²) in [5.41, 5.74) is 1.94. The number of nitrogens with zero attached hydrogens (tertiary/aromatic N) is 2. The fourth-order valence-corrected chi connectivity index (χ4v) is 3.76. The van der Waals surface area contributed by atoms with E-state index in [0.29, 0.717) is 16.6 Å². The third-order valence-corrected chi connectivity index (χ3v) is 5.23. The van der Waals surface area contributed by atoms with Gasteiger partial charge in [-0.3, -0.25) is 15.1 Å². The Labute approximate surface area is 176 Å². The molecule has 29 heavy (non-hydrogen) atoms. The molecule has 1 aliphatic rings. The molecule has 2 aromatic rings. The molecule has 1 aromatic carbocycles. The van der Waals surface area contributed by atoms with Crippen LogP contribution in [0.3, 0.4) is 0 Å². The van der Waals surface area contributed by atoms with Crippen molar-refractivity contribution < 1.29 is 14.3 Å². The molecule has 3 rings (SSSR count). The number of hydrogen-bond donors (Lipinski definition) is 1. The number of benzene rings is 1. The molecule has 0 saturated carbocycles. The van der Waals surface area contributed by atoms with E-state index in [-0.39, 0.29) is 11.9 Å². The van der Waals surface area contributed by atoms with Crippen LogP contribution in [0.2, 0.25) is 0 Å². The number of nitrogens with one attached hydrogen (secondary N) is 1. The molecule has 0 spiro atoms. The topological polar surface area (TPSA) is 63.7 Å². The summed E-state index contributed by atoms with van der Waals surface area (Å²) in [7, 11) is 3.16. The second-order valence-electron chi connectivity index (χ2n) is 6.73. The normalized spacial score (nSPS) is 16.5. The number of thiocarbonyl (C=S) groups is 1. The minimum atomic E-state index is -0.264. The van der Waals surface area contributed by atoms with Crippen LogP contribution in [0.4, 0.5) is 0 Å². The predicted molar refractivity (Wildman–Crippen MR) is 117 cm³/mol. The van der Waals surface area contributed by atoms with Crippen molar-refractivity contribution in [1.82, 2.24) is 15.2 Å². The van der Waals surface area contributed by atoms with Gasteiger partial charge in [0, 0.05) is 25.0 Å². The van der Waals surface area contributed by atoms with E-state index >= 15 is 0 Å². The van der Waals surface area contributed by atoms with E-state index in [0.717, 1.165) is 36.9 Å². The van der Waals surface area contributed by atoms with Gasteiger partial charge in [-0.25, -0.2) is 0 Å². The molecule has 0 unspecified atom stereocenters. The SMILES string of the molecule is COc1ccc(C=CC(=O)NC(=S)N2CCCC[C@H]2c2cccnc2)cc1OC. The van der Waals surface area contributed by atoms with Gasteiger partial charge in [0.15, 0.2) is 16.6 Å². The Hall–Kier alpha value is -2.93. The van der Waals surface area contributed by atoms with Crippen LogP contribution in [-0.4, -0.2) is 41.7 Å². The maximum absolute atomic E-state index is 12.4. The van der Waals surface area contributed by atoms with Gasteiger partial charge in [0.25, 0.3) is 0 Å². The van der Waals surface area contributed by atoms with Gasteiger partial charge in [-0.15, -0.1) is 0 Å². The van der Waals surface area contributed by atoms with Crippen molar-refractivity contribution in [1.29, 1.82) is 0 Å². The van der Waals surface area contributed by atoms with Gasteiger partial charge in [0.05, 0.1) is 20.3 Å². The van der Waals surface area contributed by atoms with E-state index in [1.807, 2.05) is 24.4 Å². The second-order valence-corrected chi connectivity index (χ2v) is 7.12. The molecule has 1 fully saturated rings. The van der Waals surface area contributed by atoms with Crippen LogP contribution in [0.25, 0.3) is 6.08 Å². The highest BCUT2D eigenvalue weighted by Crippen LogP contribution is 2.30. The molecule has 1 amide bonds. The zero-order chi connectivity index (χ0) is 20.6. The van der Waals surface area contributed by atoms with Gasteiger partial charge in [0.1, 0.15) is 0 Å². The first-order chi connectivity index (χ1) is 14.1. The van der Waals surface area contributed by atoms with Crippen LogP contribution >= 0.6 is 12.2 Å². The fraction of sp³-hybridized carbons (Fsp3) is 0.318. The van der Waals surface area contributed by atoms with Gasteiger partial charge in [-0.1, -0.05) is 12.1 Å². The number of likely N-dealkylation sites (tertiary alicyclic amines) is 1. The Morgan fingerprint density at radius 2 is 2.07 bits per heavy atom. The summed E-state index contributed by atoms with van der Waals surface area (Å²) in [6.07, 6.45) is 9.98. The standard InChI is InChI=1S/C22H25N3O3S/c1-27-19-10-8-16(14-20(19)28-2)9-11-21(26)24-22(29)25-13-4-3-7-18(25)17-6-5-12-23-15-17/h5-6,8-12,14-15,18H,3-4,7,13H2,1-2H3,(H,24,26,29)/t18-/m0/s1. The van der Waals surface area contributed by atoms with Crippen molar-refractivity contribution in [3.63, 3.8) is 0 Å². The molecular weight excluding hydrogens is 386 g/mol. The highest BCUT2D eigenvalue weighted by molar-refractivity contribution is 7.80.